The Morgan fingerprint density at radius 3 is 1.29 bits per heavy atom. The number of likely N-dealkylation sites (N-methyl/N-ethyl adjacent to an activating group) is 1. The molecule has 1 N–H and O–H groups in total. The Bertz CT molecular complexity index is 1610. The summed E-state index contributed by atoms with van der Waals surface area (Å²) in [6, 6.07) is 0. The van der Waals surface area contributed by atoms with E-state index in [1.165, 1.54) is 12.8 Å². The van der Waals surface area contributed by atoms with Crippen molar-refractivity contribution in [2.75, 3.05) is 47.5 Å². The molecule has 0 saturated carbocycles. The standard InChI is InChI=1S/C58H94NO8P/c1-6-8-10-12-14-16-18-19-20-21-22-23-24-25-26-27-28-29-30-31-32-33-34-35-36-37-38-39-41-43-45-47-49-51-58(61)67-56(55-66-68(62,63)65-53-52-59(3,4)5)54-64-57(60)50-48-46-44-42-40-17-15-13-11-9-7-2/h8,10,13-16,19-20,22-23,25-26,28-29,31-32,34-35,37-38,41,43,56H,6-7,9,11-12,17-18,21,24,27,30,33,36,39-40,42,44-55H2,1-5H3/p+1/b10-8-,15-13-,16-14-,20-19-,23-22-,26-25-,29-28-,32-31-,35-34-,38-37-,43-41-. The minimum atomic E-state index is -4.40. The zero-order valence-corrected chi connectivity index (χ0v) is 44.2. The Labute approximate surface area is 415 Å². The molecule has 0 fully saturated rings. The summed E-state index contributed by atoms with van der Waals surface area (Å²) in [5.41, 5.74) is 0. The van der Waals surface area contributed by atoms with Crippen molar-refractivity contribution >= 4 is 19.8 Å². The SMILES string of the molecule is CC/C=C\C/C=C\C/C=C\C/C=C\C/C=C\C/C=C\C/C=C\C/C=C\C/C=C\C/C=C\CCCCC(=O)OC(COC(=O)CCCCCCC/C=C\CCCC)COP(=O)(O)OCC[N+](C)(C)C. The molecule has 0 bridgehead atoms. The van der Waals surface area contributed by atoms with E-state index >= 15 is 0 Å². The smallest absolute Gasteiger partial charge is 0.462 e. The summed E-state index contributed by atoms with van der Waals surface area (Å²) in [5.74, 6) is -0.875. The molecule has 0 aliphatic carbocycles. The second-order valence-electron chi connectivity index (χ2n) is 17.8. The number of carbonyl (C=O) groups is 2. The quantitative estimate of drug-likeness (QED) is 0.0211. The lowest BCUT2D eigenvalue weighted by Crippen LogP contribution is -2.37. The van der Waals surface area contributed by atoms with Crippen LogP contribution in [-0.2, 0) is 32.7 Å². The van der Waals surface area contributed by atoms with E-state index < -0.39 is 32.5 Å². The van der Waals surface area contributed by atoms with Crippen LogP contribution >= 0.6 is 7.82 Å². The molecule has 2 atom stereocenters. The van der Waals surface area contributed by atoms with E-state index in [0.717, 1.165) is 116 Å². The summed E-state index contributed by atoms with van der Waals surface area (Å²) in [6.07, 6.45) is 69.6. The van der Waals surface area contributed by atoms with Gasteiger partial charge in [-0.25, -0.2) is 4.57 Å². The van der Waals surface area contributed by atoms with Crippen LogP contribution in [0.3, 0.4) is 0 Å². The van der Waals surface area contributed by atoms with Gasteiger partial charge in [0.25, 0.3) is 0 Å². The molecule has 0 aromatic carbocycles. The number of ether oxygens (including phenoxy) is 2. The molecule has 10 heteroatoms. The molecule has 2 unspecified atom stereocenters. The van der Waals surface area contributed by atoms with Gasteiger partial charge < -0.3 is 18.9 Å². The Morgan fingerprint density at radius 1 is 0.471 bits per heavy atom. The molecular formula is C58H95NO8P+. The van der Waals surface area contributed by atoms with Gasteiger partial charge >= 0.3 is 19.8 Å². The van der Waals surface area contributed by atoms with Gasteiger partial charge in [0.2, 0.25) is 0 Å². The van der Waals surface area contributed by atoms with Crippen LogP contribution in [0.2, 0.25) is 0 Å². The van der Waals surface area contributed by atoms with Crippen molar-refractivity contribution in [2.24, 2.45) is 0 Å². The first-order valence-electron chi connectivity index (χ1n) is 25.9. The fourth-order valence-electron chi connectivity index (χ4n) is 6.14. The molecule has 0 radical (unpaired) electrons. The Hall–Kier alpha value is -3.85. The fourth-order valence-corrected chi connectivity index (χ4v) is 6.88. The van der Waals surface area contributed by atoms with Gasteiger partial charge in [0.15, 0.2) is 6.10 Å². The lowest BCUT2D eigenvalue weighted by molar-refractivity contribution is -0.870. The second-order valence-corrected chi connectivity index (χ2v) is 19.3. The van der Waals surface area contributed by atoms with Crippen molar-refractivity contribution < 1.29 is 42.1 Å². The molecule has 9 nitrogen and oxygen atoms in total. The van der Waals surface area contributed by atoms with Crippen LogP contribution < -0.4 is 0 Å². The van der Waals surface area contributed by atoms with E-state index in [-0.39, 0.29) is 26.1 Å². The van der Waals surface area contributed by atoms with Gasteiger partial charge in [-0.05, 0) is 109 Å². The molecule has 68 heavy (non-hydrogen) atoms. The maximum atomic E-state index is 12.7. The number of phosphoric ester groups is 1. The summed E-state index contributed by atoms with van der Waals surface area (Å²) >= 11 is 0. The van der Waals surface area contributed by atoms with Crippen molar-refractivity contribution in [1.82, 2.24) is 0 Å². The Kier molecular flexibility index (Phi) is 45.5. The maximum Gasteiger partial charge on any atom is 0.472 e. The third-order valence-electron chi connectivity index (χ3n) is 10.2. The van der Waals surface area contributed by atoms with Crippen molar-refractivity contribution in [2.45, 2.75) is 174 Å². The molecular weight excluding hydrogens is 870 g/mol. The number of esters is 2. The van der Waals surface area contributed by atoms with Gasteiger partial charge in [-0.1, -0.05) is 180 Å². The van der Waals surface area contributed by atoms with Crippen LogP contribution in [0.25, 0.3) is 0 Å². The third-order valence-corrected chi connectivity index (χ3v) is 11.1. The number of allylic oxidation sites excluding steroid dienone is 22. The van der Waals surface area contributed by atoms with Crippen molar-refractivity contribution in [3.05, 3.63) is 134 Å². The first kappa shape index (κ1) is 64.2. The van der Waals surface area contributed by atoms with E-state index in [1.807, 2.05) is 21.1 Å². The minimum absolute atomic E-state index is 0.0141. The highest BCUT2D eigenvalue weighted by atomic mass is 31.2. The van der Waals surface area contributed by atoms with E-state index in [0.29, 0.717) is 23.9 Å². The predicted octanol–water partition coefficient (Wildman–Crippen LogP) is 15.8. The highest BCUT2D eigenvalue weighted by Crippen LogP contribution is 2.43. The monoisotopic (exact) mass is 965 g/mol. The topological polar surface area (TPSA) is 108 Å². The lowest BCUT2D eigenvalue weighted by Gasteiger charge is -2.24. The minimum Gasteiger partial charge on any atom is -0.462 e. The third kappa shape index (κ3) is 51.5. The highest BCUT2D eigenvalue weighted by Gasteiger charge is 2.27. The van der Waals surface area contributed by atoms with Gasteiger partial charge in [-0.3, -0.25) is 18.6 Å². The van der Waals surface area contributed by atoms with Crippen molar-refractivity contribution in [3.8, 4) is 0 Å². The van der Waals surface area contributed by atoms with Crippen LogP contribution in [0.4, 0.5) is 0 Å². The molecule has 0 aromatic heterocycles. The van der Waals surface area contributed by atoms with Crippen molar-refractivity contribution in [3.63, 3.8) is 0 Å². The summed E-state index contributed by atoms with van der Waals surface area (Å²) in [6.45, 7) is 4.17. The normalized spacial score (nSPS) is 14.5. The number of nitrogens with zero attached hydrogens (tertiary/aromatic N) is 1. The fraction of sp³-hybridized carbons (Fsp3) is 0.586. The van der Waals surface area contributed by atoms with Crippen LogP contribution in [0.5, 0.6) is 0 Å². The van der Waals surface area contributed by atoms with Crippen LogP contribution in [0.15, 0.2) is 134 Å². The van der Waals surface area contributed by atoms with Gasteiger partial charge in [-0.15, -0.1) is 0 Å². The van der Waals surface area contributed by atoms with Crippen LogP contribution in [-0.4, -0.2) is 74.9 Å². The highest BCUT2D eigenvalue weighted by molar-refractivity contribution is 7.47. The largest absolute Gasteiger partial charge is 0.472 e. The van der Waals surface area contributed by atoms with E-state index in [2.05, 4.69) is 148 Å². The van der Waals surface area contributed by atoms with E-state index in [9.17, 15) is 19.0 Å². The first-order valence-corrected chi connectivity index (χ1v) is 27.4. The average Bonchev–Trinajstić information content (AvgIpc) is 3.30. The van der Waals surface area contributed by atoms with Gasteiger partial charge in [-0.2, -0.15) is 0 Å². The maximum absolute atomic E-state index is 12.7. The van der Waals surface area contributed by atoms with Gasteiger partial charge in [0, 0.05) is 12.8 Å². The lowest BCUT2D eigenvalue weighted by atomic mass is 10.1. The summed E-state index contributed by atoms with van der Waals surface area (Å²) < 4.78 is 34.3. The Balaban J connectivity index is 4.30. The zero-order chi connectivity index (χ0) is 49.9. The van der Waals surface area contributed by atoms with Gasteiger partial charge in [0.1, 0.15) is 19.8 Å². The van der Waals surface area contributed by atoms with E-state index in [4.69, 9.17) is 18.5 Å². The molecule has 0 spiro atoms. The van der Waals surface area contributed by atoms with Crippen LogP contribution in [0.1, 0.15) is 168 Å². The van der Waals surface area contributed by atoms with E-state index in [1.54, 1.807) is 0 Å². The Morgan fingerprint density at radius 2 is 0.838 bits per heavy atom. The van der Waals surface area contributed by atoms with Gasteiger partial charge in [0.05, 0.1) is 27.7 Å². The summed E-state index contributed by atoms with van der Waals surface area (Å²) in [4.78, 5) is 35.4. The number of carbonyl (C=O) groups excluding carboxylic acids is 2. The first-order chi connectivity index (χ1) is 33.0. The number of rotatable bonds is 45. The summed E-state index contributed by atoms with van der Waals surface area (Å²) in [5, 5.41) is 0. The molecule has 384 valence electrons. The molecule has 0 saturated heterocycles. The molecule has 0 amide bonds. The molecule has 0 rings (SSSR count). The molecule has 0 heterocycles. The molecule has 0 aliphatic heterocycles. The molecule has 0 aliphatic rings. The average molecular weight is 965 g/mol. The molecule has 0 aromatic rings. The number of hydrogen-bond donors (Lipinski definition) is 1. The number of phosphoric acid groups is 1. The second kappa shape index (κ2) is 48.2. The van der Waals surface area contributed by atoms with Crippen molar-refractivity contribution in [1.29, 1.82) is 0 Å². The predicted molar refractivity (Wildman–Crippen MR) is 288 cm³/mol. The number of hydrogen-bond acceptors (Lipinski definition) is 7. The van der Waals surface area contributed by atoms with Crippen LogP contribution in [0, 0.1) is 0 Å². The summed E-state index contributed by atoms with van der Waals surface area (Å²) in [7, 11) is 1.42. The number of unbranched alkanes of at least 4 members (excludes halogenated alkanes) is 9. The number of quaternary nitrogens is 1. The zero-order valence-electron chi connectivity index (χ0n) is 43.3.